The Morgan fingerprint density at radius 2 is 0.951 bits per heavy atom. The monoisotopic (exact) mass is 1190 g/mol. The molecule has 2 radical (unpaired) electrons. The van der Waals surface area contributed by atoms with E-state index in [1.165, 1.54) is 56.7 Å². The molecule has 6 rings (SSSR count). The summed E-state index contributed by atoms with van der Waals surface area (Å²) in [5.41, 5.74) is 5.94. The molecular formula is C53H72Ir2N2O4-2. The number of hydrogen-bond acceptors (Lipinski definition) is 6. The molecule has 0 saturated carbocycles. The topological polar surface area (TPSA) is 100 Å². The second-order valence-corrected chi connectivity index (χ2v) is 12.3. The van der Waals surface area contributed by atoms with Crippen molar-refractivity contribution in [1.82, 2.24) is 9.97 Å². The van der Waals surface area contributed by atoms with Gasteiger partial charge in [-0.15, -0.1) is 71.8 Å². The molecule has 0 aliphatic rings. The Morgan fingerprint density at radius 3 is 1.36 bits per heavy atom. The van der Waals surface area contributed by atoms with Crippen molar-refractivity contribution in [3.8, 4) is 22.5 Å². The van der Waals surface area contributed by atoms with Gasteiger partial charge in [-0.3, -0.25) is 14.6 Å². The van der Waals surface area contributed by atoms with Crippen molar-refractivity contribution >= 4 is 33.2 Å². The van der Waals surface area contributed by atoms with Gasteiger partial charge in [-0.1, -0.05) is 130 Å². The smallest absolute Gasteiger partial charge is 0.158 e. The van der Waals surface area contributed by atoms with E-state index in [1.54, 1.807) is 13.8 Å². The first-order chi connectivity index (χ1) is 27.8. The van der Waals surface area contributed by atoms with E-state index in [9.17, 15) is 9.59 Å². The number of fused-ring (bicyclic) bond motifs is 2. The van der Waals surface area contributed by atoms with Crippen LogP contribution in [0, 0.1) is 12.1 Å². The van der Waals surface area contributed by atoms with Gasteiger partial charge in [-0.25, -0.2) is 0 Å². The number of aromatic nitrogens is 2. The molecule has 6 aromatic rings. The molecule has 0 unspecified atom stereocenters. The minimum absolute atomic E-state index is 0. The molecule has 2 N–H and O–H groups in total. The molecule has 0 fully saturated rings. The van der Waals surface area contributed by atoms with Gasteiger partial charge in [0.15, 0.2) is 11.6 Å². The number of allylic oxidation sites excluding steroid dienone is 4. The molecule has 2 heterocycles. The number of hydrogen-bond donors (Lipinski definition) is 2. The number of carbonyl (C=O) groups is 2. The third-order valence-electron chi connectivity index (χ3n) is 7.36. The summed E-state index contributed by atoms with van der Waals surface area (Å²) in [5.74, 6) is 0.0602. The van der Waals surface area contributed by atoms with Gasteiger partial charge in [-0.2, -0.15) is 0 Å². The fourth-order valence-corrected chi connectivity index (χ4v) is 4.15. The number of pyridine rings is 2. The first-order valence-electron chi connectivity index (χ1n) is 20.2. The zero-order valence-electron chi connectivity index (χ0n) is 38.2. The maximum Gasteiger partial charge on any atom is 0.158 e. The van der Waals surface area contributed by atoms with Crippen molar-refractivity contribution in [3.05, 3.63) is 156 Å². The van der Waals surface area contributed by atoms with Gasteiger partial charge in [0.2, 0.25) is 0 Å². The van der Waals surface area contributed by atoms with E-state index in [0.717, 1.165) is 28.0 Å². The van der Waals surface area contributed by atoms with Crippen LogP contribution >= 0.6 is 0 Å². The number of aliphatic hydroxyl groups excluding tert-OH is 2. The Morgan fingerprint density at radius 1 is 0.541 bits per heavy atom. The normalized spacial score (nSPS) is 9.67. The van der Waals surface area contributed by atoms with Crippen LogP contribution in [0.15, 0.2) is 144 Å². The fourth-order valence-electron chi connectivity index (χ4n) is 4.15. The summed E-state index contributed by atoms with van der Waals surface area (Å²) < 4.78 is 0. The van der Waals surface area contributed by atoms with Crippen molar-refractivity contribution in [2.24, 2.45) is 0 Å². The minimum atomic E-state index is -0.0787. The zero-order valence-corrected chi connectivity index (χ0v) is 43.0. The second kappa shape index (κ2) is 40.8. The number of para-hydroxylation sites is 1. The van der Waals surface area contributed by atoms with Crippen molar-refractivity contribution in [2.75, 3.05) is 0 Å². The van der Waals surface area contributed by atoms with Gasteiger partial charge in [0.05, 0.1) is 17.0 Å². The molecule has 0 aliphatic carbocycles. The Bertz CT molecular complexity index is 2030. The number of rotatable bonds is 4. The molecule has 0 spiro atoms. The van der Waals surface area contributed by atoms with Gasteiger partial charge in [0.25, 0.3) is 0 Å². The summed E-state index contributed by atoms with van der Waals surface area (Å²) in [6.07, 6.45) is 4.35. The molecule has 338 valence electrons. The van der Waals surface area contributed by atoms with Crippen LogP contribution in [0.2, 0.25) is 0 Å². The molecule has 6 nitrogen and oxygen atoms in total. The third kappa shape index (κ3) is 27.1. The fraction of sp³-hybridized carbons (Fsp3) is 0.321. The predicted molar refractivity (Wildman–Crippen MR) is 257 cm³/mol. The molecule has 0 aliphatic heterocycles. The van der Waals surface area contributed by atoms with Crippen LogP contribution < -0.4 is 0 Å². The van der Waals surface area contributed by atoms with E-state index in [-0.39, 0.29) is 70.7 Å². The molecule has 61 heavy (non-hydrogen) atoms. The van der Waals surface area contributed by atoms with Crippen molar-refractivity contribution < 1.29 is 60.0 Å². The average molecular weight is 1190 g/mol. The SMILES string of the molecule is C.CC.CC.CC(=O)C(C)=C(C)O.CC(=O)C(C)=C(C)O.CCC.CCC.[Ir].[Ir].[c-]1ccccc1-c1ccc2ccccc2n1.[c-]1ccccc1-c1nccc2ccccc12. The molecule has 0 saturated heterocycles. The maximum atomic E-state index is 10.4. The summed E-state index contributed by atoms with van der Waals surface area (Å²) in [4.78, 5) is 29.8. The average Bonchev–Trinajstić information content (AvgIpc) is 3.26. The number of benzene rings is 4. The van der Waals surface area contributed by atoms with E-state index >= 15 is 0 Å². The van der Waals surface area contributed by atoms with Gasteiger partial charge < -0.3 is 15.2 Å². The Labute approximate surface area is 396 Å². The van der Waals surface area contributed by atoms with Gasteiger partial charge in [0, 0.05) is 57.6 Å². The van der Waals surface area contributed by atoms with Crippen LogP contribution in [-0.4, -0.2) is 31.7 Å². The molecule has 8 heteroatoms. The maximum absolute atomic E-state index is 10.4. The van der Waals surface area contributed by atoms with E-state index in [0.29, 0.717) is 11.1 Å². The third-order valence-corrected chi connectivity index (χ3v) is 7.36. The molecule has 0 amide bonds. The van der Waals surface area contributed by atoms with Crippen LogP contribution in [0.4, 0.5) is 0 Å². The van der Waals surface area contributed by atoms with Crippen LogP contribution in [0.5, 0.6) is 0 Å². The summed E-state index contributed by atoms with van der Waals surface area (Å²) in [6, 6.07) is 44.8. The Hall–Kier alpha value is -4.58. The predicted octanol–water partition coefficient (Wildman–Crippen LogP) is 15.8. The van der Waals surface area contributed by atoms with Gasteiger partial charge in [0.1, 0.15) is 0 Å². The summed E-state index contributed by atoms with van der Waals surface area (Å²) >= 11 is 0. The number of ketones is 2. The molecule has 0 bridgehead atoms. The van der Waals surface area contributed by atoms with E-state index in [2.05, 4.69) is 74.1 Å². The van der Waals surface area contributed by atoms with E-state index in [4.69, 9.17) is 10.2 Å². The van der Waals surface area contributed by atoms with Crippen molar-refractivity contribution in [2.45, 2.75) is 117 Å². The number of Topliss-reactive ketones (excluding diaryl/α,β-unsaturated/α-hetero) is 2. The van der Waals surface area contributed by atoms with Crippen LogP contribution in [0.3, 0.4) is 0 Å². The van der Waals surface area contributed by atoms with Crippen LogP contribution in [-0.2, 0) is 49.8 Å². The minimum Gasteiger partial charge on any atom is -0.512 e. The van der Waals surface area contributed by atoms with Crippen molar-refractivity contribution in [3.63, 3.8) is 0 Å². The van der Waals surface area contributed by atoms with Gasteiger partial charge in [-0.05, 0) is 81.2 Å². The van der Waals surface area contributed by atoms with Crippen LogP contribution in [0.1, 0.15) is 117 Å². The first-order valence-corrected chi connectivity index (χ1v) is 20.2. The molecule has 0 atom stereocenters. The quantitative estimate of drug-likeness (QED) is 0.104. The molecular weight excluding hydrogens is 1110 g/mol. The Balaban J connectivity index is -0.000000218. The second-order valence-electron chi connectivity index (χ2n) is 12.3. The number of nitrogens with zero attached hydrogens (tertiary/aromatic N) is 2. The van der Waals surface area contributed by atoms with E-state index in [1.807, 2.05) is 125 Å². The van der Waals surface area contributed by atoms with Crippen LogP contribution in [0.25, 0.3) is 44.2 Å². The van der Waals surface area contributed by atoms with E-state index < -0.39 is 0 Å². The number of carbonyl (C=O) groups excluding carboxylic acids is 2. The summed E-state index contributed by atoms with van der Waals surface area (Å²) in [7, 11) is 0. The Kier molecular flexibility index (Phi) is 43.8. The zero-order chi connectivity index (χ0) is 44.5. The van der Waals surface area contributed by atoms with Crippen molar-refractivity contribution in [1.29, 1.82) is 0 Å². The first kappa shape index (κ1) is 65.5. The number of aliphatic hydroxyl groups is 2. The summed E-state index contributed by atoms with van der Waals surface area (Å²) in [6.45, 7) is 25.5. The summed E-state index contributed by atoms with van der Waals surface area (Å²) in [5, 5.41) is 20.9. The molecule has 4 aromatic carbocycles. The molecule has 2 aromatic heterocycles. The largest absolute Gasteiger partial charge is 0.512 e. The van der Waals surface area contributed by atoms with Gasteiger partial charge >= 0.3 is 0 Å². The standard InChI is InChI=1S/2C15H10N.2C6H10O2.2C3H8.2C2H6.CH4.2Ir/c1-2-7-13(8-3-1)15-14-9-5-4-6-12(14)10-11-16-15;1-2-6-12(7-3-1)15-11-10-13-8-4-5-9-14(13)16-15;2*1-4(5(2)7)6(3)8;2*1-3-2;2*1-2;;;/h1-7,9-11H;1-6,8-11H;2*7H,1-3H3;2*3H2,1-2H3;2*1-2H3;1H4;;/q2*-1;;;;;;;;;.